The summed E-state index contributed by atoms with van der Waals surface area (Å²) in [6.45, 7) is 19.0. The molecule has 0 amide bonds. The van der Waals surface area contributed by atoms with Gasteiger partial charge in [-0.25, -0.2) is 4.98 Å². The van der Waals surface area contributed by atoms with Gasteiger partial charge in [0.05, 0.1) is 34.5 Å². The number of nitrogens with zero attached hydrogens (tertiary/aromatic N) is 4. The van der Waals surface area contributed by atoms with Crippen LogP contribution in [0.5, 0.6) is 11.5 Å². The number of aromatic nitrogens is 4. The fraction of sp³-hybridized carbons (Fsp3) is 0.167. The minimum atomic E-state index is -0.742. The van der Waals surface area contributed by atoms with Crippen LogP contribution in [0, 0.1) is 18.5 Å². The molecule has 0 saturated carbocycles. The Hall–Kier alpha value is -8.11. The Morgan fingerprint density at radius 3 is 1.83 bits per heavy atom. The zero-order chi connectivity index (χ0) is 64.5. The maximum atomic E-state index is 10.2. The van der Waals surface area contributed by atoms with Crippen molar-refractivity contribution < 1.29 is 48.2 Å². The third-order valence-corrected chi connectivity index (χ3v) is 13.9. The van der Waals surface area contributed by atoms with E-state index in [2.05, 4.69) is 107 Å². The van der Waals surface area contributed by atoms with Crippen LogP contribution in [0.25, 0.3) is 94.5 Å². The molecule has 0 saturated heterocycles. The van der Waals surface area contributed by atoms with E-state index in [0.717, 1.165) is 49.9 Å². The number of ether oxygens (including phenoxy) is 1. The van der Waals surface area contributed by atoms with Gasteiger partial charge >= 0.3 is 0 Å². The first-order valence-electron chi connectivity index (χ1n) is 32.1. The first-order valence-corrected chi connectivity index (χ1v) is 25.6. The normalized spacial score (nSPS) is 14.4. The van der Waals surface area contributed by atoms with Crippen molar-refractivity contribution in [3.8, 4) is 73.2 Å². The molecule has 0 fully saturated rings. The van der Waals surface area contributed by atoms with E-state index < -0.39 is 106 Å². The van der Waals surface area contributed by atoms with Gasteiger partial charge in [0.25, 0.3) is 6.33 Å². The Morgan fingerprint density at radius 1 is 0.513 bits per heavy atom. The van der Waals surface area contributed by atoms with E-state index in [1.807, 2.05) is 109 Å². The molecule has 9 aromatic carbocycles. The first kappa shape index (κ1) is 38.4. The van der Waals surface area contributed by atoms with Crippen LogP contribution in [0.4, 0.5) is 0 Å². The molecule has 78 heavy (non-hydrogen) atoms. The SMILES string of the molecule is [2H]c1c([2H])c([2H])c(-c2c([2H])c(-c3cccc(C(C)(C)C)c3-[n+]3[c-]n(-c4[c-]c(Oc5[c-]c6c(cc5)c5ccccc5n6-c5cc(C(C)(C)C)ccn5)ccc4)c4cc(-c5ccc(C(C)(C)C)cc5)ccc43)c([2H])c(-c3c([2H])c([2H])c([2H])c([2H])c3[2H])c2[2H])c([2H])c1[2H].[Pt]. The number of fused-ring (bicyclic) bond motifs is 4. The van der Waals surface area contributed by atoms with E-state index in [9.17, 15) is 4.11 Å². The van der Waals surface area contributed by atoms with Gasteiger partial charge in [0.15, 0.2) is 0 Å². The Bertz CT molecular complexity index is 4820. The van der Waals surface area contributed by atoms with E-state index in [-0.39, 0.29) is 43.0 Å². The van der Waals surface area contributed by atoms with Crippen LogP contribution in [-0.2, 0) is 37.3 Å². The predicted molar refractivity (Wildman–Crippen MR) is 318 cm³/mol. The van der Waals surface area contributed by atoms with Gasteiger partial charge < -0.3 is 13.9 Å². The van der Waals surface area contributed by atoms with Crippen molar-refractivity contribution in [1.29, 1.82) is 0 Å². The molecule has 0 bridgehead atoms. The molecule has 5 nitrogen and oxygen atoms in total. The molecule has 0 aliphatic rings. The molecule has 0 atom stereocenters. The van der Waals surface area contributed by atoms with Gasteiger partial charge in [-0.1, -0.05) is 201 Å². The Morgan fingerprint density at radius 2 is 1.15 bits per heavy atom. The van der Waals surface area contributed by atoms with Crippen molar-refractivity contribution in [2.45, 2.75) is 78.6 Å². The van der Waals surface area contributed by atoms with E-state index in [0.29, 0.717) is 39.5 Å². The summed E-state index contributed by atoms with van der Waals surface area (Å²) in [6, 6.07) is 39.4. The van der Waals surface area contributed by atoms with Crippen molar-refractivity contribution in [2.75, 3.05) is 0 Å². The topological polar surface area (TPSA) is 35.9 Å². The van der Waals surface area contributed by atoms with E-state index in [4.69, 9.17) is 23.4 Å². The van der Waals surface area contributed by atoms with Crippen molar-refractivity contribution in [3.63, 3.8) is 0 Å². The molecule has 0 spiro atoms. The molecular formula is C72H62N4OPt-2. The zero-order valence-corrected chi connectivity index (χ0v) is 47.0. The number of hydrogen-bond acceptors (Lipinski definition) is 2. The quantitative estimate of drug-likeness (QED) is 0.107. The molecule has 388 valence electrons. The summed E-state index contributed by atoms with van der Waals surface area (Å²) in [5.74, 6) is 1.53. The second-order valence-electron chi connectivity index (χ2n) is 22.3. The number of benzene rings is 9. The van der Waals surface area contributed by atoms with Gasteiger partial charge in [0.1, 0.15) is 5.82 Å². The monoisotopic (exact) mass is 1210 g/mol. The van der Waals surface area contributed by atoms with Crippen LogP contribution in [-0.4, -0.2) is 14.1 Å². The zero-order valence-electron chi connectivity index (χ0n) is 57.7. The van der Waals surface area contributed by atoms with Crippen LogP contribution in [0.1, 0.15) is 96.8 Å². The van der Waals surface area contributed by atoms with Crippen LogP contribution < -0.4 is 9.30 Å². The largest absolute Gasteiger partial charge is 0.510 e. The standard InChI is InChI=1S/C72H62N4O.Pt/c1-70(2,3)55-33-30-50(31-34-55)51-32-37-65-67(43-51)74(47-75(65)69-60(27-19-28-63(69)72(7,8)9)54-41-52(48-20-12-10-13-21-48)40-53(42-54)49-22-14-11-15-23-49)57-24-18-25-58(45-57)77-59-35-36-62-61-26-16-17-29-64(61)76(66(62)46-59)68-44-56(38-39-73-68)71(4,5)6;/h10-44H,1-9H3;/q-2;/i10D,11D,12D,13D,14D,15D,20D,21D,22D,23D,40D,41D,42D;. The average molecular weight is 1210 g/mol. The molecular weight excluding hydrogens is 1130 g/mol. The van der Waals surface area contributed by atoms with E-state index in [1.165, 1.54) is 0 Å². The molecule has 12 aromatic rings. The van der Waals surface area contributed by atoms with E-state index in [1.54, 1.807) is 12.1 Å². The second kappa shape index (κ2) is 20.4. The summed E-state index contributed by atoms with van der Waals surface area (Å²) in [5.41, 5.74) is 5.71. The Labute approximate surface area is 492 Å². The molecule has 0 radical (unpaired) electrons. The van der Waals surface area contributed by atoms with Crippen LogP contribution in [0.15, 0.2) is 212 Å². The number of rotatable bonds is 9. The summed E-state index contributed by atoms with van der Waals surface area (Å²) < 4.78 is 131. The molecule has 12 rings (SSSR count). The van der Waals surface area contributed by atoms with Gasteiger partial charge in [-0.3, -0.25) is 4.57 Å². The van der Waals surface area contributed by atoms with Crippen LogP contribution >= 0.6 is 0 Å². The van der Waals surface area contributed by atoms with Gasteiger partial charge in [0.2, 0.25) is 0 Å². The summed E-state index contributed by atoms with van der Waals surface area (Å²) >= 11 is 0. The minimum absolute atomic E-state index is 0. The fourth-order valence-corrected chi connectivity index (χ4v) is 9.91. The smallest absolute Gasteiger partial charge is 0.268 e. The number of para-hydroxylation sites is 2. The molecule has 3 heterocycles. The van der Waals surface area contributed by atoms with Crippen LogP contribution in [0.2, 0.25) is 0 Å². The van der Waals surface area contributed by atoms with Crippen molar-refractivity contribution >= 4 is 32.8 Å². The fourth-order valence-electron chi connectivity index (χ4n) is 9.91. The van der Waals surface area contributed by atoms with Gasteiger partial charge in [-0.05, 0) is 131 Å². The van der Waals surface area contributed by atoms with Gasteiger partial charge in [-0.15, -0.1) is 29.7 Å². The van der Waals surface area contributed by atoms with Crippen molar-refractivity contribution in [1.82, 2.24) is 14.1 Å². The first-order chi connectivity index (χ1) is 42.5. The number of hydrogen-bond donors (Lipinski definition) is 0. The molecule has 0 aliphatic carbocycles. The Kier molecular flexibility index (Phi) is 10.0. The van der Waals surface area contributed by atoms with Gasteiger partial charge in [0, 0.05) is 44.3 Å². The third-order valence-electron chi connectivity index (χ3n) is 13.9. The van der Waals surface area contributed by atoms with Crippen molar-refractivity contribution in [3.05, 3.63) is 247 Å². The summed E-state index contributed by atoms with van der Waals surface area (Å²) in [4.78, 5) is 4.86. The van der Waals surface area contributed by atoms with Gasteiger partial charge in [-0.2, -0.15) is 18.2 Å². The maximum absolute atomic E-state index is 10.2. The summed E-state index contributed by atoms with van der Waals surface area (Å²) in [7, 11) is 0. The third kappa shape index (κ3) is 9.93. The average Bonchev–Trinajstić information content (AvgIpc) is 1.42. The minimum Gasteiger partial charge on any atom is -0.510 e. The van der Waals surface area contributed by atoms with Crippen LogP contribution in [0.3, 0.4) is 0 Å². The number of pyridine rings is 1. The molecule has 3 aromatic heterocycles. The molecule has 6 heteroatoms. The summed E-state index contributed by atoms with van der Waals surface area (Å²) in [5, 5.41) is 2.00. The predicted octanol–water partition coefficient (Wildman–Crippen LogP) is 18.2. The molecule has 0 N–H and O–H groups in total. The van der Waals surface area contributed by atoms with Crippen molar-refractivity contribution in [2.24, 2.45) is 0 Å². The maximum Gasteiger partial charge on any atom is 0.268 e. The molecule has 0 unspecified atom stereocenters. The van der Waals surface area contributed by atoms with E-state index >= 15 is 0 Å². The number of imidazole rings is 1. The Balaban J connectivity index is 0.00000850. The second-order valence-corrected chi connectivity index (χ2v) is 22.3. The summed E-state index contributed by atoms with van der Waals surface area (Å²) in [6.07, 6.45) is 5.49. The molecule has 0 aliphatic heterocycles.